The van der Waals surface area contributed by atoms with E-state index in [2.05, 4.69) is 52.2 Å². The van der Waals surface area contributed by atoms with Crippen LogP contribution in [0.25, 0.3) is 0 Å². The third-order valence-electron chi connectivity index (χ3n) is 5.01. The fraction of sp³-hybridized carbons (Fsp3) is 0.905. The second-order valence-electron chi connectivity index (χ2n) is 9.86. The molecule has 1 aliphatic rings. The molecule has 25 heavy (non-hydrogen) atoms. The van der Waals surface area contributed by atoms with Gasteiger partial charge in [-0.2, -0.15) is 0 Å². The van der Waals surface area contributed by atoms with E-state index in [1.165, 1.54) is 0 Å². The molecule has 3 atom stereocenters. The lowest BCUT2D eigenvalue weighted by Crippen LogP contribution is -2.62. The highest BCUT2D eigenvalue weighted by Crippen LogP contribution is 2.41. The molecule has 0 aliphatic heterocycles. The van der Waals surface area contributed by atoms with Gasteiger partial charge in [0.25, 0.3) is 0 Å². The Morgan fingerprint density at radius 2 is 1.68 bits per heavy atom. The molecule has 0 aromatic rings. The quantitative estimate of drug-likeness (QED) is 0.705. The Balaban J connectivity index is 2.94. The van der Waals surface area contributed by atoms with Gasteiger partial charge in [0.05, 0.1) is 0 Å². The molecule has 146 valence electrons. The highest BCUT2D eigenvalue weighted by molar-refractivity contribution is 5.78. The van der Waals surface area contributed by atoms with Crippen LogP contribution < -0.4 is 10.6 Å². The zero-order chi connectivity index (χ0) is 19.3. The van der Waals surface area contributed by atoms with Crippen molar-refractivity contribution in [3.8, 4) is 0 Å². The minimum absolute atomic E-state index is 0.0173. The van der Waals surface area contributed by atoms with Crippen molar-refractivity contribution in [2.45, 2.75) is 111 Å². The monoisotopic (exact) mass is 352 g/mol. The third kappa shape index (κ3) is 7.37. The van der Waals surface area contributed by atoms with Crippen LogP contribution in [0, 0.1) is 11.3 Å². The van der Waals surface area contributed by atoms with Crippen molar-refractivity contribution in [2.75, 3.05) is 0 Å². The summed E-state index contributed by atoms with van der Waals surface area (Å²) in [5.41, 5.74) is -0.465. The lowest BCUT2D eigenvalue weighted by Gasteiger charge is -2.50. The maximum absolute atomic E-state index is 12.5. The van der Waals surface area contributed by atoms with E-state index in [4.69, 9.17) is 0 Å². The van der Waals surface area contributed by atoms with Crippen LogP contribution in [0.1, 0.15) is 99.8 Å². The minimum atomic E-state index is -0.255. The molecule has 0 spiro atoms. The number of hydrogen-bond donors (Lipinski definition) is 2. The van der Waals surface area contributed by atoms with Gasteiger partial charge in [-0.3, -0.25) is 9.59 Å². The van der Waals surface area contributed by atoms with Gasteiger partial charge < -0.3 is 10.6 Å². The lowest BCUT2D eigenvalue weighted by atomic mass is 9.66. The molecule has 3 unspecified atom stereocenters. The van der Waals surface area contributed by atoms with E-state index >= 15 is 0 Å². The largest absolute Gasteiger partial charge is 0.351 e. The molecule has 0 aromatic heterocycles. The van der Waals surface area contributed by atoms with E-state index in [0.29, 0.717) is 18.8 Å². The summed E-state index contributed by atoms with van der Waals surface area (Å²) < 4.78 is 0. The van der Waals surface area contributed by atoms with Crippen molar-refractivity contribution >= 4 is 11.8 Å². The third-order valence-corrected chi connectivity index (χ3v) is 5.01. The maximum Gasteiger partial charge on any atom is 0.220 e. The van der Waals surface area contributed by atoms with Crippen molar-refractivity contribution in [3.05, 3.63) is 0 Å². The van der Waals surface area contributed by atoms with Crippen molar-refractivity contribution in [1.29, 1.82) is 0 Å². The van der Waals surface area contributed by atoms with Gasteiger partial charge in [-0.1, -0.05) is 48.0 Å². The van der Waals surface area contributed by atoms with Gasteiger partial charge in [0, 0.05) is 23.9 Å². The second-order valence-corrected chi connectivity index (χ2v) is 9.86. The molecule has 0 heterocycles. The molecule has 1 aliphatic carbocycles. The predicted octanol–water partition coefficient (Wildman–Crippen LogP) is 4.57. The van der Waals surface area contributed by atoms with Gasteiger partial charge in [-0.05, 0) is 50.4 Å². The highest BCUT2D eigenvalue weighted by atomic mass is 16.2. The number of rotatable bonds is 7. The molecule has 0 bridgehead atoms. The lowest BCUT2D eigenvalue weighted by molar-refractivity contribution is -0.126. The first-order chi connectivity index (χ1) is 11.4. The summed E-state index contributed by atoms with van der Waals surface area (Å²) in [5.74, 6) is 0.741. The summed E-state index contributed by atoms with van der Waals surface area (Å²) in [7, 11) is 0. The first-order valence-electron chi connectivity index (χ1n) is 10.0. The Morgan fingerprint density at radius 3 is 2.20 bits per heavy atom. The number of hydrogen-bond acceptors (Lipinski definition) is 2. The summed E-state index contributed by atoms with van der Waals surface area (Å²) in [5, 5.41) is 6.66. The van der Waals surface area contributed by atoms with E-state index in [9.17, 15) is 9.59 Å². The molecule has 1 fully saturated rings. The molecule has 0 saturated heterocycles. The molecule has 0 radical (unpaired) electrons. The minimum Gasteiger partial charge on any atom is -0.351 e. The zero-order valence-electron chi connectivity index (χ0n) is 17.6. The van der Waals surface area contributed by atoms with Crippen LogP contribution in [-0.2, 0) is 9.59 Å². The number of amides is 2. The zero-order valence-corrected chi connectivity index (χ0v) is 17.6. The van der Waals surface area contributed by atoms with Crippen LogP contribution in [-0.4, -0.2) is 22.9 Å². The van der Waals surface area contributed by atoms with Crippen LogP contribution in [0.3, 0.4) is 0 Å². The van der Waals surface area contributed by atoms with Crippen LogP contribution in [0.5, 0.6) is 0 Å². The summed E-state index contributed by atoms with van der Waals surface area (Å²) in [4.78, 5) is 24.9. The van der Waals surface area contributed by atoms with Gasteiger partial charge >= 0.3 is 0 Å². The highest BCUT2D eigenvalue weighted by Gasteiger charge is 2.46. The Morgan fingerprint density at radius 1 is 1.04 bits per heavy atom. The Bertz CT molecular complexity index is 469. The molecule has 2 amide bonds. The van der Waals surface area contributed by atoms with E-state index < -0.39 is 0 Å². The predicted molar refractivity (Wildman–Crippen MR) is 104 cm³/mol. The summed E-state index contributed by atoms with van der Waals surface area (Å²) in [6.45, 7) is 14.9. The maximum atomic E-state index is 12.5. The fourth-order valence-electron chi connectivity index (χ4n) is 4.77. The van der Waals surface area contributed by atoms with Crippen LogP contribution in [0.15, 0.2) is 0 Å². The second kappa shape index (κ2) is 8.55. The first kappa shape index (κ1) is 22.0. The first-order valence-corrected chi connectivity index (χ1v) is 10.0. The van der Waals surface area contributed by atoms with Crippen LogP contribution in [0.4, 0.5) is 0 Å². The number of carbonyl (C=O) groups excluding carboxylic acids is 2. The average molecular weight is 353 g/mol. The van der Waals surface area contributed by atoms with Gasteiger partial charge in [0.2, 0.25) is 11.8 Å². The fourth-order valence-corrected chi connectivity index (χ4v) is 4.77. The van der Waals surface area contributed by atoms with Gasteiger partial charge in [-0.25, -0.2) is 0 Å². The number of nitrogens with one attached hydrogen (secondary N) is 2. The smallest absolute Gasteiger partial charge is 0.220 e. The van der Waals surface area contributed by atoms with E-state index in [1.54, 1.807) is 0 Å². The van der Waals surface area contributed by atoms with Crippen molar-refractivity contribution in [1.82, 2.24) is 10.6 Å². The molecule has 1 rings (SSSR count). The van der Waals surface area contributed by atoms with E-state index in [-0.39, 0.29) is 28.3 Å². The molecule has 2 N–H and O–H groups in total. The van der Waals surface area contributed by atoms with Gasteiger partial charge in [0.15, 0.2) is 0 Å². The molecular formula is C21H40N2O2. The summed E-state index contributed by atoms with van der Waals surface area (Å²) >= 11 is 0. The molecule has 1 saturated carbocycles. The van der Waals surface area contributed by atoms with E-state index in [0.717, 1.165) is 38.5 Å². The SMILES string of the molecule is CCCC(=O)NC1(CCC)CC(C)CC(C)(NC(=O)CC(C)(C)C)C1. The molecule has 0 aromatic carbocycles. The summed E-state index contributed by atoms with van der Waals surface area (Å²) in [6.07, 6.45) is 6.77. The Labute approximate surface area is 154 Å². The van der Waals surface area contributed by atoms with Crippen molar-refractivity contribution in [3.63, 3.8) is 0 Å². The molecule has 4 nitrogen and oxygen atoms in total. The Hall–Kier alpha value is -1.06. The van der Waals surface area contributed by atoms with Gasteiger partial charge in [0.1, 0.15) is 0 Å². The van der Waals surface area contributed by atoms with Crippen molar-refractivity contribution in [2.24, 2.45) is 11.3 Å². The topological polar surface area (TPSA) is 58.2 Å². The van der Waals surface area contributed by atoms with Crippen LogP contribution in [0.2, 0.25) is 0 Å². The molecular weight excluding hydrogens is 312 g/mol. The summed E-state index contributed by atoms with van der Waals surface area (Å²) in [6, 6.07) is 0. The average Bonchev–Trinajstić information content (AvgIpc) is 2.33. The van der Waals surface area contributed by atoms with Crippen LogP contribution >= 0.6 is 0 Å². The standard InChI is InChI=1S/C21H40N2O2/c1-8-10-17(24)23-21(11-9-2)13-16(3)12-20(7,15-21)22-18(25)14-19(4,5)6/h16H,8-15H2,1-7H3,(H,22,25)(H,23,24). The normalized spacial score (nSPS) is 30.0. The number of carbonyl (C=O) groups is 2. The van der Waals surface area contributed by atoms with Crippen molar-refractivity contribution < 1.29 is 9.59 Å². The van der Waals surface area contributed by atoms with Gasteiger partial charge in [-0.15, -0.1) is 0 Å². The Kier molecular flexibility index (Phi) is 7.52. The van der Waals surface area contributed by atoms with E-state index in [1.807, 2.05) is 6.92 Å². The molecule has 4 heteroatoms.